The van der Waals surface area contributed by atoms with E-state index in [0.717, 1.165) is 30.6 Å². The Morgan fingerprint density at radius 2 is 1.48 bits per heavy atom. The van der Waals surface area contributed by atoms with Crippen LogP contribution in [-0.2, 0) is 22.5 Å². The van der Waals surface area contributed by atoms with Crippen LogP contribution < -0.4 is 5.32 Å². The minimum absolute atomic E-state index is 0.00337. The molecule has 0 aliphatic carbocycles. The summed E-state index contributed by atoms with van der Waals surface area (Å²) in [5.74, 6) is 0.166. The molecule has 3 aromatic carbocycles. The van der Waals surface area contributed by atoms with E-state index in [1.807, 2.05) is 36.4 Å². The van der Waals surface area contributed by atoms with Crippen molar-refractivity contribution in [2.45, 2.75) is 25.0 Å². The van der Waals surface area contributed by atoms with Crippen LogP contribution in [0, 0.1) is 11.7 Å². The normalized spacial score (nSPS) is 21.1. The summed E-state index contributed by atoms with van der Waals surface area (Å²) in [6.45, 7) is 3.54. The van der Waals surface area contributed by atoms with Crippen LogP contribution in [0.5, 0.6) is 0 Å². The van der Waals surface area contributed by atoms with E-state index in [0.29, 0.717) is 19.8 Å². The van der Waals surface area contributed by atoms with Crippen LogP contribution >= 0.6 is 0 Å². The van der Waals surface area contributed by atoms with Crippen molar-refractivity contribution in [1.29, 1.82) is 0 Å². The molecule has 1 fully saturated rings. The maximum atomic E-state index is 13.5. The summed E-state index contributed by atoms with van der Waals surface area (Å²) >= 11 is 0. The number of halogens is 1. The van der Waals surface area contributed by atoms with Crippen molar-refractivity contribution in [1.82, 2.24) is 5.32 Å². The smallest absolute Gasteiger partial charge is 0.123 e. The molecule has 0 aromatic heterocycles. The second kappa shape index (κ2) is 11.2. The number of rotatable bonds is 9. The third-order valence-corrected chi connectivity index (χ3v) is 5.93. The number of nitrogens with one attached hydrogen (secondary N) is 1. The van der Waals surface area contributed by atoms with Gasteiger partial charge in [0.1, 0.15) is 5.82 Å². The summed E-state index contributed by atoms with van der Waals surface area (Å²) in [5.41, 5.74) is 3.54. The lowest BCUT2D eigenvalue weighted by Gasteiger charge is -2.39. The van der Waals surface area contributed by atoms with Crippen LogP contribution in [0.3, 0.4) is 0 Å². The van der Waals surface area contributed by atoms with E-state index in [1.165, 1.54) is 17.7 Å². The number of benzene rings is 3. The molecule has 3 nitrogen and oxygen atoms in total. The highest BCUT2D eigenvalue weighted by molar-refractivity contribution is 5.24. The Morgan fingerprint density at radius 3 is 2.19 bits per heavy atom. The summed E-state index contributed by atoms with van der Waals surface area (Å²) in [5, 5.41) is 3.53. The van der Waals surface area contributed by atoms with Gasteiger partial charge in [-0.05, 0) is 35.2 Å². The molecular weight excluding hydrogens is 389 g/mol. The summed E-state index contributed by atoms with van der Waals surface area (Å²) in [7, 11) is 0. The van der Waals surface area contributed by atoms with Crippen LogP contribution in [-0.4, -0.2) is 32.4 Å². The molecule has 1 saturated heterocycles. The van der Waals surface area contributed by atoms with Crippen LogP contribution in [0.4, 0.5) is 4.39 Å². The summed E-state index contributed by atoms with van der Waals surface area (Å²) in [4.78, 5) is 0. The minimum Gasteiger partial charge on any atom is -0.381 e. The predicted octanol–water partition coefficient (Wildman–Crippen LogP) is 4.97. The van der Waals surface area contributed by atoms with Crippen LogP contribution in [0.25, 0.3) is 0 Å². The van der Waals surface area contributed by atoms with E-state index in [1.54, 1.807) is 0 Å². The molecule has 3 aromatic rings. The Balaban J connectivity index is 1.41. The van der Waals surface area contributed by atoms with Gasteiger partial charge in [0, 0.05) is 24.9 Å². The fourth-order valence-electron chi connectivity index (χ4n) is 4.24. The Morgan fingerprint density at radius 1 is 0.806 bits per heavy atom. The number of hydrogen-bond acceptors (Lipinski definition) is 3. The number of piperidine rings is 1. The fraction of sp³-hybridized carbons (Fsp3) is 0.333. The van der Waals surface area contributed by atoms with Gasteiger partial charge >= 0.3 is 0 Å². The first-order valence-electron chi connectivity index (χ1n) is 11.0. The number of ether oxygens (including phenoxy) is 2. The van der Waals surface area contributed by atoms with E-state index < -0.39 is 0 Å². The molecule has 1 N–H and O–H groups in total. The van der Waals surface area contributed by atoms with Gasteiger partial charge in [0.25, 0.3) is 0 Å². The summed E-state index contributed by atoms with van der Waals surface area (Å²) < 4.78 is 26.0. The molecule has 3 unspecified atom stereocenters. The number of hydrogen-bond donors (Lipinski definition) is 1. The summed E-state index contributed by atoms with van der Waals surface area (Å²) in [6, 6.07) is 27.4. The monoisotopic (exact) mass is 419 g/mol. The van der Waals surface area contributed by atoms with E-state index in [-0.39, 0.29) is 23.8 Å². The zero-order valence-electron chi connectivity index (χ0n) is 17.8. The van der Waals surface area contributed by atoms with Crippen molar-refractivity contribution < 1.29 is 13.9 Å². The first kappa shape index (κ1) is 21.7. The molecule has 0 radical (unpaired) electrons. The first-order chi connectivity index (χ1) is 15.3. The molecule has 162 valence electrons. The largest absolute Gasteiger partial charge is 0.381 e. The summed E-state index contributed by atoms with van der Waals surface area (Å²) in [6.07, 6.45) is 0.904. The molecule has 0 spiro atoms. The quantitative estimate of drug-likeness (QED) is 0.497. The molecule has 4 rings (SSSR count). The lowest BCUT2D eigenvalue weighted by Crippen LogP contribution is -2.48. The molecule has 31 heavy (non-hydrogen) atoms. The van der Waals surface area contributed by atoms with Crippen molar-refractivity contribution in [3.05, 3.63) is 107 Å². The predicted molar refractivity (Wildman–Crippen MR) is 121 cm³/mol. The standard InChI is InChI=1S/C27H30FNO2/c28-25-13-11-23(12-14-25)26-18-29-17-24(20-30-16-15-21-7-3-1-4-8-21)27(26)31-19-22-9-5-2-6-10-22/h1-14,24,26-27,29H,15-20H2. The third-order valence-electron chi connectivity index (χ3n) is 5.93. The maximum Gasteiger partial charge on any atom is 0.123 e. The van der Waals surface area contributed by atoms with E-state index >= 15 is 0 Å². The first-order valence-corrected chi connectivity index (χ1v) is 11.0. The zero-order valence-corrected chi connectivity index (χ0v) is 17.8. The van der Waals surface area contributed by atoms with Gasteiger partial charge < -0.3 is 14.8 Å². The van der Waals surface area contributed by atoms with Gasteiger partial charge in [-0.2, -0.15) is 0 Å². The van der Waals surface area contributed by atoms with Gasteiger partial charge in [-0.25, -0.2) is 4.39 Å². The van der Waals surface area contributed by atoms with Crippen molar-refractivity contribution in [3.8, 4) is 0 Å². The van der Waals surface area contributed by atoms with Gasteiger partial charge in [0.2, 0.25) is 0 Å². The molecule has 1 heterocycles. The van der Waals surface area contributed by atoms with Crippen LogP contribution in [0.2, 0.25) is 0 Å². The topological polar surface area (TPSA) is 30.5 Å². The van der Waals surface area contributed by atoms with Gasteiger partial charge in [-0.15, -0.1) is 0 Å². The highest BCUT2D eigenvalue weighted by Crippen LogP contribution is 2.31. The lowest BCUT2D eigenvalue weighted by atomic mass is 9.82. The molecule has 0 saturated carbocycles. The highest BCUT2D eigenvalue weighted by Gasteiger charge is 2.35. The molecular formula is C27H30FNO2. The Kier molecular flexibility index (Phi) is 7.83. The second-order valence-corrected chi connectivity index (χ2v) is 8.15. The van der Waals surface area contributed by atoms with Crippen molar-refractivity contribution in [3.63, 3.8) is 0 Å². The maximum absolute atomic E-state index is 13.5. The molecule has 4 heteroatoms. The Bertz CT molecular complexity index is 902. The van der Waals surface area contributed by atoms with E-state index in [2.05, 4.69) is 41.7 Å². The van der Waals surface area contributed by atoms with Crippen molar-refractivity contribution in [2.24, 2.45) is 5.92 Å². The van der Waals surface area contributed by atoms with Gasteiger partial charge in [0.15, 0.2) is 0 Å². The molecule has 1 aliphatic rings. The average Bonchev–Trinajstić information content (AvgIpc) is 2.82. The van der Waals surface area contributed by atoms with Crippen LogP contribution in [0.15, 0.2) is 84.9 Å². The molecule has 3 atom stereocenters. The molecule has 0 amide bonds. The zero-order chi connectivity index (χ0) is 21.3. The molecule has 1 aliphatic heterocycles. The Hall–Kier alpha value is -2.53. The van der Waals surface area contributed by atoms with Gasteiger partial charge in [0.05, 0.1) is 25.9 Å². The van der Waals surface area contributed by atoms with E-state index in [9.17, 15) is 4.39 Å². The van der Waals surface area contributed by atoms with Gasteiger partial charge in [-0.3, -0.25) is 0 Å². The Labute approximate surface area is 184 Å². The van der Waals surface area contributed by atoms with Crippen LogP contribution in [0.1, 0.15) is 22.6 Å². The van der Waals surface area contributed by atoms with Crippen molar-refractivity contribution in [2.75, 3.05) is 26.3 Å². The van der Waals surface area contributed by atoms with Crippen molar-refractivity contribution >= 4 is 0 Å². The third kappa shape index (κ3) is 6.23. The minimum atomic E-state index is -0.213. The molecule has 0 bridgehead atoms. The second-order valence-electron chi connectivity index (χ2n) is 8.15. The van der Waals surface area contributed by atoms with Gasteiger partial charge in [-0.1, -0.05) is 72.8 Å². The fourth-order valence-corrected chi connectivity index (χ4v) is 4.24. The lowest BCUT2D eigenvalue weighted by molar-refractivity contribution is -0.0558. The average molecular weight is 420 g/mol. The highest BCUT2D eigenvalue weighted by atomic mass is 19.1. The SMILES string of the molecule is Fc1ccc(C2CNCC(COCCc3ccccc3)C2OCc2ccccc2)cc1. The van der Waals surface area contributed by atoms with E-state index in [4.69, 9.17) is 9.47 Å².